The Morgan fingerprint density at radius 3 is 2.83 bits per heavy atom. The lowest BCUT2D eigenvalue weighted by molar-refractivity contribution is 0.148. The van der Waals surface area contributed by atoms with Gasteiger partial charge in [-0.05, 0) is 49.4 Å². The summed E-state index contributed by atoms with van der Waals surface area (Å²) < 4.78 is 11.0. The summed E-state index contributed by atoms with van der Waals surface area (Å²) in [6, 6.07) is 6.49. The van der Waals surface area contributed by atoms with Crippen molar-refractivity contribution < 1.29 is 9.47 Å². The van der Waals surface area contributed by atoms with Crippen molar-refractivity contribution >= 4 is 0 Å². The van der Waals surface area contributed by atoms with Gasteiger partial charge in [-0.15, -0.1) is 0 Å². The van der Waals surface area contributed by atoms with Crippen LogP contribution in [-0.2, 0) is 17.6 Å². The summed E-state index contributed by atoms with van der Waals surface area (Å²) in [7, 11) is 0. The van der Waals surface area contributed by atoms with Gasteiger partial charge in [0, 0.05) is 19.7 Å². The maximum Gasteiger partial charge on any atom is 0.119 e. The Morgan fingerprint density at radius 2 is 1.94 bits per heavy atom. The van der Waals surface area contributed by atoms with Crippen molar-refractivity contribution in [3.05, 3.63) is 29.3 Å². The van der Waals surface area contributed by atoms with Gasteiger partial charge in [-0.1, -0.05) is 6.07 Å². The van der Waals surface area contributed by atoms with E-state index in [1.807, 2.05) is 6.92 Å². The molecule has 1 aliphatic rings. The van der Waals surface area contributed by atoms with Crippen LogP contribution in [0.15, 0.2) is 18.2 Å². The fourth-order valence-electron chi connectivity index (χ4n) is 2.29. The van der Waals surface area contributed by atoms with Crippen LogP contribution in [0.3, 0.4) is 0 Å². The molecule has 0 unspecified atom stereocenters. The normalized spacial score (nSPS) is 13.6. The molecule has 0 spiro atoms. The maximum absolute atomic E-state index is 5.73. The molecule has 0 saturated carbocycles. The van der Waals surface area contributed by atoms with Crippen LogP contribution in [0.5, 0.6) is 5.75 Å². The molecule has 1 aromatic carbocycles. The van der Waals surface area contributed by atoms with Crippen LogP contribution in [0.4, 0.5) is 0 Å². The summed E-state index contributed by atoms with van der Waals surface area (Å²) in [6.45, 7) is 6.04. The average Bonchev–Trinajstić information content (AvgIpc) is 2.85. The van der Waals surface area contributed by atoms with Crippen LogP contribution in [0.25, 0.3) is 0 Å². The van der Waals surface area contributed by atoms with Gasteiger partial charge in [0.25, 0.3) is 0 Å². The molecule has 1 N–H and O–H groups in total. The van der Waals surface area contributed by atoms with Crippen molar-refractivity contribution in [2.24, 2.45) is 0 Å². The number of benzene rings is 1. The highest BCUT2D eigenvalue weighted by Crippen LogP contribution is 2.25. The zero-order valence-corrected chi connectivity index (χ0v) is 11.2. The third-order valence-electron chi connectivity index (χ3n) is 3.24. The molecule has 2 rings (SSSR count). The van der Waals surface area contributed by atoms with E-state index in [1.54, 1.807) is 0 Å². The van der Waals surface area contributed by atoms with Crippen LogP contribution < -0.4 is 10.1 Å². The molecular weight excluding hydrogens is 226 g/mol. The molecule has 100 valence electrons. The number of hydrogen-bond acceptors (Lipinski definition) is 3. The zero-order chi connectivity index (χ0) is 12.6. The first-order valence-electron chi connectivity index (χ1n) is 6.93. The number of hydrogen-bond donors (Lipinski definition) is 1. The largest absolute Gasteiger partial charge is 0.492 e. The van der Waals surface area contributed by atoms with Gasteiger partial charge < -0.3 is 14.8 Å². The molecule has 0 bridgehead atoms. The summed E-state index contributed by atoms with van der Waals surface area (Å²) in [4.78, 5) is 0. The second kappa shape index (κ2) is 7.39. The predicted octanol–water partition coefficient (Wildman–Crippen LogP) is 2.18. The summed E-state index contributed by atoms with van der Waals surface area (Å²) in [6.07, 6.45) is 3.73. The van der Waals surface area contributed by atoms with Crippen LogP contribution in [0, 0.1) is 0 Å². The minimum Gasteiger partial charge on any atom is -0.492 e. The lowest BCUT2D eigenvalue weighted by atomic mass is 10.1. The molecule has 0 saturated heterocycles. The monoisotopic (exact) mass is 249 g/mol. The standard InChI is InChI=1S/C15H23NO2/c1-2-17-10-8-16-9-11-18-15-7-6-13-4-3-5-14(13)12-15/h6-7,12,16H,2-5,8-11H2,1H3. The highest BCUT2D eigenvalue weighted by Gasteiger charge is 2.10. The lowest BCUT2D eigenvalue weighted by Gasteiger charge is -2.09. The third-order valence-corrected chi connectivity index (χ3v) is 3.24. The third kappa shape index (κ3) is 4.00. The molecule has 3 nitrogen and oxygen atoms in total. The second-order valence-electron chi connectivity index (χ2n) is 4.58. The van der Waals surface area contributed by atoms with Crippen LogP contribution >= 0.6 is 0 Å². The second-order valence-corrected chi connectivity index (χ2v) is 4.58. The Bertz CT molecular complexity index is 366. The zero-order valence-electron chi connectivity index (χ0n) is 11.2. The minimum atomic E-state index is 0.713. The van der Waals surface area contributed by atoms with Gasteiger partial charge in [-0.3, -0.25) is 0 Å². The molecule has 0 fully saturated rings. The topological polar surface area (TPSA) is 30.5 Å². The molecule has 0 amide bonds. The molecule has 0 aromatic heterocycles. The first kappa shape index (κ1) is 13.4. The molecule has 18 heavy (non-hydrogen) atoms. The number of ether oxygens (including phenoxy) is 2. The molecule has 3 heteroatoms. The van der Waals surface area contributed by atoms with E-state index in [0.717, 1.165) is 32.1 Å². The van der Waals surface area contributed by atoms with Gasteiger partial charge in [-0.25, -0.2) is 0 Å². The van der Waals surface area contributed by atoms with Gasteiger partial charge in [-0.2, -0.15) is 0 Å². The number of aryl methyl sites for hydroxylation is 2. The Hall–Kier alpha value is -1.06. The molecule has 0 aliphatic heterocycles. The first-order chi connectivity index (χ1) is 8.90. The lowest BCUT2D eigenvalue weighted by Crippen LogP contribution is -2.25. The molecule has 1 aromatic rings. The molecular formula is C15H23NO2. The van der Waals surface area contributed by atoms with Gasteiger partial charge in [0.05, 0.1) is 6.61 Å². The number of nitrogens with one attached hydrogen (secondary N) is 1. The van der Waals surface area contributed by atoms with Crippen molar-refractivity contribution in [3.63, 3.8) is 0 Å². The van der Waals surface area contributed by atoms with E-state index in [4.69, 9.17) is 9.47 Å². The highest BCUT2D eigenvalue weighted by atomic mass is 16.5. The molecule has 0 radical (unpaired) electrons. The number of rotatable bonds is 8. The van der Waals surface area contributed by atoms with Gasteiger partial charge >= 0.3 is 0 Å². The summed E-state index contributed by atoms with van der Waals surface area (Å²) in [5, 5.41) is 3.29. The van der Waals surface area contributed by atoms with Crippen molar-refractivity contribution in [1.29, 1.82) is 0 Å². The van der Waals surface area contributed by atoms with Crippen LogP contribution in [-0.4, -0.2) is 32.9 Å². The number of fused-ring (bicyclic) bond motifs is 1. The van der Waals surface area contributed by atoms with Crippen LogP contribution in [0.1, 0.15) is 24.5 Å². The Kier molecular flexibility index (Phi) is 5.49. The van der Waals surface area contributed by atoms with E-state index >= 15 is 0 Å². The van der Waals surface area contributed by atoms with Gasteiger partial charge in [0.15, 0.2) is 0 Å². The first-order valence-corrected chi connectivity index (χ1v) is 6.93. The van der Waals surface area contributed by atoms with Gasteiger partial charge in [0.2, 0.25) is 0 Å². The van der Waals surface area contributed by atoms with E-state index in [9.17, 15) is 0 Å². The molecule has 0 atom stereocenters. The smallest absolute Gasteiger partial charge is 0.119 e. The van der Waals surface area contributed by atoms with Crippen molar-refractivity contribution in [3.8, 4) is 5.75 Å². The summed E-state index contributed by atoms with van der Waals surface area (Å²) in [5.74, 6) is 1.00. The molecule has 1 aliphatic carbocycles. The van der Waals surface area contributed by atoms with Gasteiger partial charge in [0.1, 0.15) is 12.4 Å². The van der Waals surface area contributed by atoms with E-state index in [2.05, 4.69) is 23.5 Å². The van der Waals surface area contributed by atoms with Crippen molar-refractivity contribution in [1.82, 2.24) is 5.32 Å². The maximum atomic E-state index is 5.73. The predicted molar refractivity (Wildman–Crippen MR) is 73.3 cm³/mol. The van der Waals surface area contributed by atoms with E-state index in [1.165, 1.54) is 30.4 Å². The van der Waals surface area contributed by atoms with Crippen molar-refractivity contribution in [2.45, 2.75) is 26.2 Å². The quantitative estimate of drug-likeness (QED) is 0.716. The van der Waals surface area contributed by atoms with E-state index < -0.39 is 0 Å². The Morgan fingerprint density at radius 1 is 1.11 bits per heavy atom. The van der Waals surface area contributed by atoms with Crippen LogP contribution in [0.2, 0.25) is 0 Å². The average molecular weight is 249 g/mol. The highest BCUT2D eigenvalue weighted by molar-refractivity contribution is 5.38. The Labute approximate surface area is 109 Å². The summed E-state index contributed by atoms with van der Waals surface area (Å²) >= 11 is 0. The molecule has 0 heterocycles. The van der Waals surface area contributed by atoms with Crippen molar-refractivity contribution in [2.75, 3.05) is 32.9 Å². The fraction of sp³-hybridized carbons (Fsp3) is 0.600. The van der Waals surface area contributed by atoms with E-state index in [-0.39, 0.29) is 0 Å². The SMILES string of the molecule is CCOCCNCCOc1ccc2c(c1)CCC2. The minimum absolute atomic E-state index is 0.713. The van der Waals surface area contributed by atoms with E-state index in [0.29, 0.717) is 6.61 Å². The Balaban J connectivity index is 1.62. The summed E-state index contributed by atoms with van der Waals surface area (Å²) in [5.41, 5.74) is 2.97. The fourth-order valence-corrected chi connectivity index (χ4v) is 2.29.